The molecule has 0 bridgehead atoms. The Labute approximate surface area is 187 Å². The van der Waals surface area contributed by atoms with E-state index in [1.807, 2.05) is 60.7 Å². The fourth-order valence-electron chi connectivity index (χ4n) is 3.89. The van der Waals surface area contributed by atoms with Gasteiger partial charge in [-0.25, -0.2) is 15.0 Å². The number of hydrogen-bond donors (Lipinski definition) is 2. The molecule has 158 valence electrons. The molecule has 0 saturated carbocycles. The molecule has 0 aliphatic heterocycles. The Kier molecular flexibility index (Phi) is 4.26. The quantitative estimate of drug-likeness (QED) is 0.436. The molecule has 6 rings (SSSR count). The minimum atomic E-state index is -1.21. The SMILES string of the molecule is O=C([O-])c1ccc(-c2cc(-c3nc4ccccc4[nH]3)nc(-c3nc4ccccc4[nH]3)c2)cc1. The number of aromatic amines is 2. The Bertz CT molecular complexity index is 1490. The first-order valence-electron chi connectivity index (χ1n) is 10.4. The van der Waals surface area contributed by atoms with Crippen molar-refractivity contribution in [3.8, 4) is 34.2 Å². The van der Waals surface area contributed by atoms with Crippen molar-refractivity contribution in [1.29, 1.82) is 0 Å². The molecule has 0 aliphatic carbocycles. The van der Waals surface area contributed by atoms with Crippen LogP contribution in [0.3, 0.4) is 0 Å². The molecule has 2 N–H and O–H groups in total. The number of hydrogen-bond acceptors (Lipinski definition) is 5. The number of carboxylic acid groups (broad SMARTS) is 1. The van der Waals surface area contributed by atoms with E-state index in [0.717, 1.165) is 33.2 Å². The van der Waals surface area contributed by atoms with Crippen LogP contribution in [-0.2, 0) is 0 Å². The fourth-order valence-corrected chi connectivity index (χ4v) is 3.89. The van der Waals surface area contributed by atoms with Crippen LogP contribution >= 0.6 is 0 Å². The monoisotopic (exact) mass is 430 g/mol. The third-order valence-corrected chi connectivity index (χ3v) is 5.54. The van der Waals surface area contributed by atoms with E-state index in [1.165, 1.54) is 12.1 Å². The second-order valence-corrected chi connectivity index (χ2v) is 7.70. The van der Waals surface area contributed by atoms with Crippen molar-refractivity contribution in [3.63, 3.8) is 0 Å². The van der Waals surface area contributed by atoms with Crippen LogP contribution in [0.5, 0.6) is 0 Å². The van der Waals surface area contributed by atoms with Crippen molar-refractivity contribution >= 4 is 28.0 Å². The average molecular weight is 430 g/mol. The molecule has 0 saturated heterocycles. The summed E-state index contributed by atoms with van der Waals surface area (Å²) >= 11 is 0. The zero-order valence-electron chi connectivity index (χ0n) is 17.2. The number of fused-ring (bicyclic) bond motifs is 2. The standard InChI is InChI=1S/C26H17N5O2/c32-26(33)16-11-9-15(10-12-16)17-13-22(24-28-18-5-1-2-6-19(18)29-24)27-23(14-17)25-30-20-7-3-4-8-21(20)31-25/h1-14H,(H,28,29)(H,30,31)(H,32,33)/p-1. The maximum atomic E-state index is 11.2. The predicted molar refractivity (Wildman–Crippen MR) is 124 cm³/mol. The number of carbonyl (C=O) groups is 1. The van der Waals surface area contributed by atoms with Gasteiger partial charge in [0.25, 0.3) is 0 Å². The molecule has 33 heavy (non-hydrogen) atoms. The van der Waals surface area contributed by atoms with E-state index >= 15 is 0 Å². The molecular formula is C26H16N5O2-. The third kappa shape index (κ3) is 3.41. The van der Waals surface area contributed by atoms with E-state index in [0.29, 0.717) is 23.0 Å². The number of benzene rings is 3. The summed E-state index contributed by atoms with van der Waals surface area (Å²) in [4.78, 5) is 32.1. The number of carbonyl (C=O) groups excluding carboxylic acids is 1. The molecule has 3 aromatic carbocycles. The van der Waals surface area contributed by atoms with E-state index in [2.05, 4.69) is 9.97 Å². The zero-order chi connectivity index (χ0) is 22.4. The van der Waals surface area contributed by atoms with Crippen LogP contribution < -0.4 is 5.11 Å². The lowest BCUT2D eigenvalue weighted by Crippen LogP contribution is -2.21. The smallest absolute Gasteiger partial charge is 0.157 e. The Hall–Kier alpha value is -4.78. The minimum Gasteiger partial charge on any atom is -0.545 e. The molecule has 7 nitrogen and oxygen atoms in total. The summed E-state index contributed by atoms with van der Waals surface area (Å²) in [6, 6.07) is 26.0. The summed E-state index contributed by atoms with van der Waals surface area (Å²) in [7, 11) is 0. The van der Waals surface area contributed by atoms with Gasteiger partial charge in [0.1, 0.15) is 11.4 Å². The second kappa shape index (κ2) is 7.42. The first-order chi connectivity index (χ1) is 16.1. The van der Waals surface area contributed by atoms with Crippen molar-refractivity contribution in [2.45, 2.75) is 0 Å². The van der Waals surface area contributed by atoms with E-state index in [-0.39, 0.29) is 5.56 Å². The van der Waals surface area contributed by atoms with Gasteiger partial charge in [-0.1, -0.05) is 48.5 Å². The van der Waals surface area contributed by atoms with E-state index in [1.54, 1.807) is 12.1 Å². The highest BCUT2D eigenvalue weighted by Crippen LogP contribution is 2.30. The van der Waals surface area contributed by atoms with Gasteiger partial charge in [-0.05, 0) is 53.1 Å². The van der Waals surface area contributed by atoms with Crippen LogP contribution in [0.2, 0.25) is 0 Å². The molecule has 7 heteroatoms. The van der Waals surface area contributed by atoms with Crippen LogP contribution in [0.4, 0.5) is 0 Å². The van der Waals surface area contributed by atoms with E-state index in [9.17, 15) is 9.90 Å². The van der Waals surface area contributed by atoms with Crippen LogP contribution in [-0.4, -0.2) is 30.9 Å². The highest BCUT2D eigenvalue weighted by molar-refractivity contribution is 5.87. The lowest BCUT2D eigenvalue weighted by molar-refractivity contribution is -0.255. The lowest BCUT2D eigenvalue weighted by Gasteiger charge is -2.09. The highest BCUT2D eigenvalue weighted by Gasteiger charge is 2.14. The Morgan fingerprint density at radius 2 is 1.15 bits per heavy atom. The fraction of sp³-hybridized carbons (Fsp3) is 0. The first kappa shape index (κ1) is 18.9. The summed E-state index contributed by atoms with van der Waals surface area (Å²) in [5.74, 6) is 0.0748. The Balaban J connectivity index is 1.54. The van der Waals surface area contributed by atoms with Gasteiger partial charge in [0, 0.05) is 0 Å². The van der Waals surface area contributed by atoms with Gasteiger partial charge in [0.15, 0.2) is 11.6 Å². The molecule has 3 aromatic heterocycles. The number of carboxylic acids is 1. The average Bonchev–Trinajstić information content (AvgIpc) is 3.48. The molecule has 3 heterocycles. The van der Waals surface area contributed by atoms with Crippen LogP contribution in [0.15, 0.2) is 84.9 Å². The van der Waals surface area contributed by atoms with E-state index < -0.39 is 5.97 Å². The third-order valence-electron chi connectivity index (χ3n) is 5.54. The number of pyridine rings is 1. The van der Waals surface area contributed by atoms with Crippen LogP contribution in [0, 0.1) is 0 Å². The number of H-pyrrole nitrogens is 2. The van der Waals surface area contributed by atoms with E-state index in [4.69, 9.17) is 15.0 Å². The number of nitrogens with one attached hydrogen (secondary N) is 2. The number of imidazole rings is 2. The van der Waals surface area contributed by atoms with Crippen LogP contribution in [0.1, 0.15) is 10.4 Å². The summed E-state index contributed by atoms with van der Waals surface area (Å²) < 4.78 is 0. The number of para-hydroxylation sites is 4. The summed E-state index contributed by atoms with van der Waals surface area (Å²) in [6.07, 6.45) is 0. The summed E-state index contributed by atoms with van der Waals surface area (Å²) in [6.45, 7) is 0. The van der Waals surface area contributed by atoms with Crippen molar-refractivity contribution < 1.29 is 9.90 Å². The minimum absolute atomic E-state index is 0.128. The summed E-state index contributed by atoms with van der Waals surface area (Å²) in [5.41, 5.74) is 6.69. The molecule has 0 spiro atoms. The number of nitrogens with zero attached hydrogens (tertiary/aromatic N) is 3. The normalized spacial score (nSPS) is 11.3. The van der Waals surface area contributed by atoms with Crippen molar-refractivity contribution in [3.05, 3.63) is 90.5 Å². The maximum Gasteiger partial charge on any atom is 0.157 e. The predicted octanol–water partition coefficient (Wildman–Crippen LogP) is 4.20. The molecule has 0 fully saturated rings. The molecule has 0 atom stereocenters. The van der Waals surface area contributed by atoms with Gasteiger partial charge in [-0.15, -0.1) is 0 Å². The zero-order valence-corrected chi connectivity index (χ0v) is 17.2. The van der Waals surface area contributed by atoms with Gasteiger partial charge >= 0.3 is 0 Å². The first-order valence-corrected chi connectivity index (χ1v) is 10.4. The van der Waals surface area contributed by atoms with Crippen molar-refractivity contribution in [2.24, 2.45) is 0 Å². The number of rotatable bonds is 4. The molecule has 0 radical (unpaired) electrons. The number of aromatic nitrogens is 5. The van der Waals surface area contributed by atoms with Crippen LogP contribution in [0.25, 0.3) is 56.2 Å². The topological polar surface area (TPSA) is 110 Å². The molecular weight excluding hydrogens is 414 g/mol. The van der Waals surface area contributed by atoms with Gasteiger partial charge in [-0.2, -0.15) is 0 Å². The molecule has 0 amide bonds. The molecule has 0 aliphatic rings. The Morgan fingerprint density at radius 3 is 1.64 bits per heavy atom. The van der Waals surface area contributed by atoms with Gasteiger partial charge < -0.3 is 19.9 Å². The Morgan fingerprint density at radius 1 is 0.636 bits per heavy atom. The maximum absolute atomic E-state index is 11.2. The molecule has 0 unspecified atom stereocenters. The van der Waals surface area contributed by atoms with Gasteiger partial charge in [0.05, 0.1) is 28.0 Å². The lowest BCUT2D eigenvalue weighted by atomic mass is 10.0. The van der Waals surface area contributed by atoms with Gasteiger partial charge in [-0.3, -0.25) is 0 Å². The van der Waals surface area contributed by atoms with Crippen molar-refractivity contribution in [2.75, 3.05) is 0 Å². The van der Waals surface area contributed by atoms with Gasteiger partial charge in [0.2, 0.25) is 0 Å². The second-order valence-electron chi connectivity index (χ2n) is 7.70. The highest BCUT2D eigenvalue weighted by atomic mass is 16.4. The summed E-state index contributed by atoms with van der Waals surface area (Å²) in [5, 5.41) is 11.2. The molecule has 6 aromatic rings. The largest absolute Gasteiger partial charge is 0.545 e. The number of aromatic carboxylic acids is 1. The van der Waals surface area contributed by atoms with Crippen molar-refractivity contribution in [1.82, 2.24) is 24.9 Å².